The lowest BCUT2D eigenvalue weighted by Crippen LogP contribution is -2.43. The van der Waals surface area contributed by atoms with Crippen molar-refractivity contribution >= 4 is 5.97 Å². The maximum atomic E-state index is 13.1. The predicted octanol–water partition coefficient (Wildman–Crippen LogP) is 2.67. The molecule has 1 aliphatic rings. The number of hydrogen-bond donors (Lipinski definition) is 1. The molecule has 1 saturated carbocycles. The Hall–Kier alpha value is -1.58. The number of hydrogen-bond acceptors (Lipinski definition) is 2. The molecule has 0 aliphatic heterocycles. The van der Waals surface area contributed by atoms with Crippen LogP contribution in [0.15, 0.2) is 18.2 Å². The van der Waals surface area contributed by atoms with Gasteiger partial charge in [-0.15, -0.1) is 0 Å². The van der Waals surface area contributed by atoms with Crippen LogP contribution in [0.2, 0.25) is 0 Å². The van der Waals surface area contributed by atoms with Gasteiger partial charge in [0, 0.05) is 5.56 Å². The first-order valence-electron chi connectivity index (χ1n) is 5.61. The second-order valence-electron chi connectivity index (χ2n) is 4.36. The van der Waals surface area contributed by atoms with Crippen molar-refractivity contribution in [1.82, 2.24) is 0 Å². The van der Waals surface area contributed by atoms with Gasteiger partial charge in [0.25, 0.3) is 0 Å². The van der Waals surface area contributed by atoms with Gasteiger partial charge in [0.1, 0.15) is 12.4 Å². The highest BCUT2D eigenvalue weighted by Crippen LogP contribution is 2.46. The first kappa shape index (κ1) is 11.9. The number of methoxy groups -OCH3 is 1. The fourth-order valence-electron chi connectivity index (χ4n) is 2.47. The molecule has 92 valence electrons. The number of rotatable bonds is 4. The Labute approximate surface area is 99.2 Å². The summed E-state index contributed by atoms with van der Waals surface area (Å²) in [4.78, 5) is 11.4. The van der Waals surface area contributed by atoms with E-state index in [9.17, 15) is 14.3 Å². The molecule has 1 aromatic carbocycles. The van der Waals surface area contributed by atoms with Gasteiger partial charge >= 0.3 is 5.97 Å². The van der Waals surface area contributed by atoms with Crippen LogP contribution in [0.4, 0.5) is 4.39 Å². The fraction of sp³-hybridized carbons (Fsp3) is 0.462. The molecule has 1 N–H and O–H groups in total. The third-order valence-corrected chi connectivity index (χ3v) is 3.62. The van der Waals surface area contributed by atoms with Crippen molar-refractivity contribution in [3.8, 4) is 5.75 Å². The maximum absolute atomic E-state index is 13.1. The Bertz CT molecular complexity index is 438. The van der Waals surface area contributed by atoms with E-state index in [1.165, 1.54) is 7.11 Å². The van der Waals surface area contributed by atoms with E-state index in [1.807, 2.05) is 0 Å². The zero-order valence-electron chi connectivity index (χ0n) is 9.70. The zero-order valence-corrected chi connectivity index (χ0v) is 9.70. The molecular formula is C13H15FO3. The van der Waals surface area contributed by atoms with E-state index >= 15 is 0 Å². The molecule has 4 heteroatoms. The Morgan fingerprint density at radius 2 is 2.24 bits per heavy atom. The van der Waals surface area contributed by atoms with Crippen LogP contribution in [-0.2, 0) is 16.9 Å². The SMILES string of the molecule is COc1cccc(C2(C(=O)O)CCC2)c1CF. The molecule has 0 amide bonds. The van der Waals surface area contributed by atoms with E-state index in [0.29, 0.717) is 29.7 Å². The van der Waals surface area contributed by atoms with Gasteiger partial charge in [-0.2, -0.15) is 0 Å². The normalized spacial score (nSPS) is 17.3. The van der Waals surface area contributed by atoms with Crippen molar-refractivity contribution in [3.63, 3.8) is 0 Å². The molecule has 3 nitrogen and oxygen atoms in total. The van der Waals surface area contributed by atoms with E-state index in [0.717, 1.165) is 6.42 Å². The monoisotopic (exact) mass is 238 g/mol. The summed E-state index contributed by atoms with van der Waals surface area (Å²) >= 11 is 0. The summed E-state index contributed by atoms with van der Waals surface area (Å²) in [5.41, 5.74) is 0.0332. The van der Waals surface area contributed by atoms with Crippen LogP contribution in [0.5, 0.6) is 5.75 Å². The molecule has 0 spiro atoms. The average molecular weight is 238 g/mol. The van der Waals surface area contributed by atoms with Crippen LogP contribution in [0.3, 0.4) is 0 Å². The van der Waals surface area contributed by atoms with Crippen molar-refractivity contribution in [1.29, 1.82) is 0 Å². The molecule has 0 saturated heterocycles. The van der Waals surface area contributed by atoms with Gasteiger partial charge in [0.2, 0.25) is 0 Å². The smallest absolute Gasteiger partial charge is 0.314 e. The Morgan fingerprint density at radius 3 is 2.65 bits per heavy atom. The van der Waals surface area contributed by atoms with Crippen molar-refractivity contribution in [3.05, 3.63) is 29.3 Å². The Kier molecular flexibility index (Phi) is 3.05. The van der Waals surface area contributed by atoms with Gasteiger partial charge < -0.3 is 9.84 Å². The first-order valence-corrected chi connectivity index (χ1v) is 5.61. The second-order valence-corrected chi connectivity index (χ2v) is 4.36. The number of halogens is 1. The highest BCUT2D eigenvalue weighted by molar-refractivity contribution is 5.83. The van der Waals surface area contributed by atoms with Gasteiger partial charge in [0.05, 0.1) is 12.5 Å². The first-order chi connectivity index (χ1) is 8.15. The average Bonchev–Trinajstić information content (AvgIpc) is 2.26. The fourth-order valence-corrected chi connectivity index (χ4v) is 2.47. The largest absolute Gasteiger partial charge is 0.496 e. The predicted molar refractivity (Wildman–Crippen MR) is 61.0 cm³/mol. The number of ether oxygens (including phenoxy) is 1. The minimum atomic E-state index is -0.907. The quantitative estimate of drug-likeness (QED) is 0.877. The van der Waals surface area contributed by atoms with Gasteiger partial charge in [-0.05, 0) is 24.5 Å². The summed E-state index contributed by atoms with van der Waals surface area (Å²) in [5, 5.41) is 9.36. The molecular weight excluding hydrogens is 223 g/mol. The molecule has 0 aromatic heterocycles. The van der Waals surface area contributed by atoms with Crippen LogP contribution >= 0.6 is 0 Å². The van der Waals surface area contributed by atoms with Crippen molar-refractivity contribution in [2.24, 2.45) is 0 Å². The lowest BCUT2D eigenvalue weighted by molar-refractivity contribution is -0.147. The number of carboxylic acids is 1. The summed E-state index contributed by atoms with van der Waals surface area (Å²) in [5.74, 6) is -0.441. The van der Waals surface area contributed by atoms with E-state index in [1.54, 1.807) is 18.2 Å². The van der Waals surface area contributed by atoms with Crippen LogP contribution in [-0.4, -0.2) is 18.2 Å². The molecule has 0 radical (unpaired) electrons. The molecule has 1 fully saturated rings. The van der Waals surface area contributed by atoms with E-state index in [4.69, 9.17) is 4.74 Å². The highest BCUT2D eigenvalue weighted by Gasteiger charge is 2.47. The zero-order chi connectivity index (χ0) is 12.5. The minimum Gasteiger partial charge on any atom is -0.496 e. The number of benzene rings is 1. The Morgan fingerprint density at radius 1 is 1.53 bits per heavy atom. The van der Waals surface area contributed by atoms with Gasteiger partial charge in [0.15, 0.2) is 0 Å². The summed E-state index contributed by atoms with van der Waals surface area (Å²) in [6, 6.07) is 5.08. The summed E-state index contributed by atoms with van der Waals surface area (Å²) in [7, 11) is 1.46. The number of carbonyl (C=O) groups is 1. The molecule has 0 heterocycles. The summed E-state index contributed by atoms with van der Waals surface area (Å²) in [6.07, 6.45) is 2.01. The van der Waals surface area contributed by atoms with Crippen molar-refractivity contribution in [2.45, 2.75) is 31.4 Å². The molecule has 0 bridgehead atoms. The van der Waals surface area contributed by atoms with Gasteiger partial charge in [-0.1, -0.05) is 18.6 Å². The number of alkyl halides is 1. The Balaban J connectivity index is 2.54. The van der Waals surface area contributed by atoms with Gasteiger partial charge in [-0.25, -0.2) is 4.39 Å². The van der Waals surface area contributed by atoms with Crippen molar-refractivity contribution in [2.75, 3.05) is 7.11 Å². The molecule has 1 aliphatic carbocycles. The third-order valence-electron chi connectivity index (χ3n) is 3.62. The summed E-state index contributed by atoms with van der Waals surface area (Å²) < 4.78 is 18.2. The van der Waals surface area contributed by atoms with Crippen LogP contribution < -0.4 is 4.74 Å². The van der Waals surface area contributed by atoms with E-state index < -0.39 is 18.1 Å². The molecule has 0 unspecified atom stereocenters. The van der Waals surface area contributed by atoms with E-state index in [-0.39, 0.29) is 0 Å². The van der Waals surface area contributed by atoms with Crippen molar-refractivity contribution < 1.29 is 19.0 Å². The standard InChI is InChI=1S/C13H15FO3/c1-17-11-5-2-4-10(9(11)8-14)13(12(15)16)6-3-7-13/h2,4-5H,3,6-8H2,1H3,(H,15,16). The highest BCUT2D eigenvalue weighted by atomic mass is 19.1. The topological polar surface area (TPSA) is 46.5 Å². The molecule has 17 heavy (non-hydrogen) atoms. The van der Waals surface area contributed by atoms with Crippen LogP contribution in [0.25, 0.3) is 0 Å². The van der Waals surface area contributed by atoms with Gasteiger partial charge in [-0.3, -0.25) is 4.79 Å². The minimum absolute atomic E-state index is 0.372. The number of carboxylic acid groups (broad SMARTS) is 1. The van der Waals surface area contributed by atoms with Crippen LogP contribution in [0, 0.1) is 0 Å². The van der Waals surface area contributed by atoms with E-state index in [2.05, 4.69) is 0 Å². The lowest BCUT2D eigenvalue weighted by atomic mass is 9.63. The number of aliphatic carboxylic acids is 1. The molecule has 1 aromatic rings. The molecule has 2 rings (SSSR count). The maximum Gasteiger partial charge on any atom is 0.314 e. The van der Waals surface area contributed by atoms with Crippen LogP contribution in [0.1, 0.15) is 30.4 Å². The third kappa shape index (κ3) is 1.68. The molecule has 0 atom stereocenters. The lowest BCUT2D eigenvalue weighted by Gasteiger charge is -2.39. The summed E-state index contributed by atoms with van der Waals surface area (Å²) in [6.45, 7) is -0.700. The second kappa shape index (κ2) is 4.35.